The Labute approximate surface area is 207 Å². The highest BCUT2D eigenvalue weighted by molar-refractivity contribution is 14.0. The predicted octanol–water partition coefficient (Wildman–Crippen LogP) is 3.27. The molecule has 0 saturated carbocycles. The van der Waals surface area contributed by atoms with Gasteiger partial charge in [0.05, 0.1) is 12.6 Å². The number of hydrogen-bond acceptors (Lipinski definition) is 4. The van der Waals surface area contributed by atoms with E-state index in [4.69, 9.17) is 4.99 Å². The fourth-order valence-electron chi connectivity index (χ4n) is 4.19. The van der Waals surface area contributed by atoms with Crippen LogP contribution in [0.15, 0.2) is 35.3 Å². The molecule has 7 heteroatoms. The molecular weight excluding hydrogens is 499 g/mol. The van der Waals surface area contributed by atoms with E-state index in [0.717, 1.165) is 58.3 Å². The normalized spacial score (nSPS) is 17.8. The summed E-state index contributed by atoms with van der Waals surface area (Å²) in [6.45, 7) is 21.6. The van der Waals surface area contributed by atoms with Crippen LogP contribution in [0.4, 0.5) is 0 Å². The maximum atomic E-state index is 4.93. The van der Waals surface area contributed by atoms with Crippen LogP contribution < -0.4 is 10.6 Å². The first-order valence-corrected chi connectivity index (χ1v) is 11.9. The molecule has 1 aliphatic heterocycles. The first-order chi connectivity index (χ1) is 14.6. The Balaban J connectivity index is 0.00000480. The zero-order valence-corrected chi connectivity index (χ0v) is 22.6. The topological polar surface area (TPSA) is 46.1 Å². The lowest BCUT2D eigenvalue weighted by Crippen LogP contribution is -2.50. The largest absolute Gasteiger partial charge is 0.357 e. The second-order valence-corrected chi connectivity index (χ2v) is 8.07. The molecule has 178 valence electrons. The van der Waals surface area contributed by atoms with Gasteiger partial charge in [0, 0.05) is 45.3 Å². The van der Waals surface area contributed by atoms with E-state index in [1.165, 1.54) is 18.7 Å². The highest BCUT2D eigenvalue weighted by Crippen LogP contribution is 2.19. The summed E-state index contributed by atoms with van der Waals surface area (Å²) < 4.78 is 0. The van der Waals surface area contributed by atoms with Gasteiger partial charge in [-0.2, -0.15) is 0 Å². The van der Waals surface area contributed by atoms with Gasteiger partial charge in [0.1, 0.15) is 0 Å². The third-order valence-corrected chi connectivity index (χ3v) is 6.24. The Kier molecular flexibility index (Phi) is 14.4. The first kappa shape index (κ1) is 28.1. The molecule has 2 unspecified atom stereocenters. The average Bonchev–Trinajstić information content (AvgIpc) is 2.80. The molecule has 1 saturated heterocycles. The molecule has 0 radical (unpaired) electrons. The van der Waals surface area contributed by atoms with Gasteiger partial charge in [-0.3, -0.25) is 14.8 Å². The summed E-state index contributed by atoms with van der Waals surface area (Å²) in [6.07, 6.45) is 0. The van der Waals surface area contributed by atoms with Crippen molar-refractivity contribution in [2.45, 2.75) is 46.7 Å². The van der Waals surface area contributed by atoms with Crippen LogP contribution in [0.5, 0.6) is 0 Å². The van der Waals surface area contributed by atoms with Crippen LogP contribution in [0.25, 0.3) is 0 Å². The van der Waals surface area contributed by atoms with Crippen LogP contribution >= 0.6 is 24.0 Å². The van der Waals surface area contributed by atoms with Crippen LogP contribution in [0, 0.1) is 0 Å². The lowest BCUT2D eigenvalue weighted by atomic mass is 10.1. The van der Waals surface area contributed by atoms with Crippen LogP contribution in [0.3, 0.4) is 0 Å². The van der Waals surface area contributed by atoms with E-state index in [2.05, 4.69) is 90.3 Å². The molecule has 2 N–H and O–H groups in total. The smallest absolute Gasteiger partial charge is 0.191 e. The fraction of sp³-hybridized carbons (Fsp3) is 0.708. The average molecular weight is 545 g/mol. The van der Waals surface area contributed by atoms with Crippen molar-refractivity contribution >= 4 is 29.9 Å². The number of nitrogens with one attached hydrogen (secondary N) is 2. The molecule has 6 nitrogen and oxygen atoms in total. The van der Waals surface area contributed by atoms with Crippen molar-refractivity contribution in [2.75, 3.05) is 65.4 Å². The minimum absolute atomic E-state index is 0. The van der Waals surface area contributed by atoms with Gasteiger partial charge in [0.15, 0.2) is 5.96 Å². The van der Waals surface area contributed by atoms with Gasteiger partial charge in [-0.15, -0.1) is 24.0 Å². The molecule has 2 rings (SSSR count). The third-order valence-electron chi connectivity index (χ3n) is 6.24. The van der Waals surface area contributed by atoms with Crippen LogP contribution in [0.1, 0.15) is 46.2 Å². The quantitative estimate of drug-likeness (QED) is 0.255. The molecule has 1 heterocycles. The molecule has 0 aromatic heterocycles. The summed E-state index contributed by atoms with van der Waals surface area (Å²) in [5.74, 6) is 0.921. The lowest BCUT2D eigenvalue weighted by molar-refractivity contribution is 0.109. The number of rotatable bonds is 11. The molecule has 0 spiro atoms. The zero-order chi connectivity index (χ0) is 21.8. The number of likely N-dealkylation sites (N-methyl/N-ethyl adjacent to an activating group) is 2. The van der Waals surface area contributed by atoms with Crippen molar-refractivity contribution in [1.82, 2.24) is 25.3 Å². The highest BCUT2D eigenvalue weighted by atomic mass is 127. The van der Waals surface area contributed by atoms with E-state index < -0.39 is 0 Å². The monoisotopic (exact) mass is 544 g/mol. The van der Waals surface area contributed by atoms with Gasteiger partial charge in [-0.25, -0.2) is 0 Å². The Morgan fingerprint density at radius 1 is 1.00 bits per heavy atom. The Morgan fingerprint density at radius 3 is 2.19 bits per heavy atom. The number of guanidine groups is 1. The second-order valence-electron chi connectivity index (χ2n) is 8.07. The maximum absolute atomic E-state index is 4.93. The van der Waals surface area contributed by atoms with Gasteiger partial charge in [0.2, 0.25) is 0 Å². The second kappa shape index (κ2) is 15.8. The summed E-state index contributed by atoms with van der Waals surface area (Å²) in [5.41, 5.74) is 1.35. The summed E-state index contributed by atoms with van der Waals surface area (Å²) in [5, 5.41) is 7.05. The fourth-order valence-corrected chi connectivity index (χ4v) is 4.19. The Bertz CT molecular complexity index is 599. The highest BCUT2D eigenvalue weighted by Gasteiger charge is 2.21. The number of benzene rings is 1. The van der Waals surface area contributed by atoms with E-state index in [1.54, 1.807) is 0 Å². The van der Waals surface area contributed by atoms with E-state index in [-0.39, 0.29) is 24.0 Å². The lowest BCUT2D eigenvalue weighted by Gasteiger charge is -2.37. The number of halogens is 1. The number of aliphatic imine (C=N–C) groups is 1. The first-order valence-electron chi connectivity index (χ1n) is 11.9. The van der Waals surface area contributed by atoms with Crippen molar-refractivity contribution in [3.05, 3.63) is 35.9 Å². The van der Waals surface area contributed by atoms with E-state index >= 15 is 0 Å². The molecule has 1 aromatic rings. The molecule has 0 bridgehead atoms. The summed E-state index contributed by atoms with van der Waals surface area (Å²) in [4.78, 5) is 12.5. The maximum Gasteiger partial charge on any atom is 0.191 e. The van der Waals surface area contributed by atoms with Gasteiger partial charge < -0.3 is 15.5 Å². The molecule has 0 aliphatic carbocycles. The third kappa shape index (κ3) is 9.24. The van der Waals surface area contributed by atoms with Crippen LogP contribution in [0.2, 0.25) is 0 Å². The summed E-state index contributed by atoms with van der Waals surface area (Å²) in [6, 6.07) is 11.6. The molecule has 1 fully saturated rings. The predicted molar refractivity (Wildman–Crippen MR) is 145 cm³/mol. The van der Waals surface area contributed by atoms with Crippen LogP contribution in [-0.2, 0) is 0 Å². The number of piperazine rings is 1. The minimum Gasteiger partial charge on any atom is -0.357 e. The van der Waals surface area contributed by atoms with Crippen molar-refractivity contribution in [3.63, 3.8) is 0 Å². The van der Waals surface area contributed by atoms with E-state index in [9.17, 15) is 0 Å². The number of nitrogens with zero attached hydrogens (tertiary/aromatic N) is 4. The van der Waals surface area contributed by atoms with E-state index in [1.807, 2.05) is 0 Å². The van der Waals surface area contributed by atoms with Crippen molar-refractivity contribution in [2.24, 2.45) is 4.99 Å². The van der Waals surface area contributed by atoms with Crippen molar-refractivity contribution < 1.29 is 0 Å². The molecular formula is C24H45IN6. The van der Waals surface area contributed by atoms with Crippen molar-refractivity contribution in [1.29, 1.82) is 0 Å². The molecule has 0 amide bonds. The Morgan fingerprint density at radius 2 is 1.65 bits per heavy atom. The Hall–Kier alpha value is -0.900. The zero-order valence-electron chi connectivity index (χ0n) is 20.3. The standard InChI is InChI=1S/C24H44N6.HI/c1-6-25-24(26-19-21(5)30-17-15-28(7-2)16-18-30)27-20-23(29(8-3)9-4)22-13-11-10-12-14-22;/h10-14,21,23H,6-9,15-20H2,1-5H3,(H2,25,26,27);1H. The van der Waals surface area contributed by atoms with Crippen molar-refractivity contribution in [3.8, 4) is 0 Å². The molecule has 2 atom stereocenters. The van der Waals surface area contributed by atoms with Crippen LogP contribution in [-0.4, -0.2) is 92.1 Å². The molecule has 1 aliphatic rings. The van der Waals surface area contributed by atoms with E-state index in [0.29, 0.717) is 12.1 Å². The SMILES string of the molecule is CCNC(=NCC(C)N1CCN(CC)CC1)NCC(c1ccccc1)N(CC)CC.I. The minimum atomic E-state index is 0. The van der Waals surface area contributed by atoms with Gasteiger partial charge in [-0.05, 0) is 39.0 Å². The van der Waals surface area contributed by atoms with Gasteiger partial charge in [-0.1, -0.05) is 51.1 Å². The van der Waals surface area contributed by atoms with Gasteiger partial charge >= 0.3 is 0 Å². The van der Waals surface area contributed by atoms with Gasteiger partial charge in [0.25, 0.3) is 0 Å². The summed E-state index contributed by atoms with van der Waals surface area (Å²) >= 11 is 0. The molecule has 1 aromatic carbocycles. The molecule has 31 heavy (non-hydrogen) atoms. The number of hydrogen-bond donors (Lipinski definition) is 2. The summed E-state index contributed by atoms with van der Waals surface area (Å²) in [7, 11) is 0.